The first-order chi connectivity index (χ1) is 8.54. The molecule has 1 N–H and O–H groups in total. The molecule has 18 heavy (non-hydrogen) atoms. The molecule has 0 saturated carbocycles. The first-order valence-corrected chi connectivity index (χ1v) is 8.08. The third-order valence-corrected chi connectivity index (χ3v) is 4.89. The van der Waals surface area contributed by atoms with Crippen LogP contribution in [0.2, 0.25) is 0 Å². The van der Waals surface area contributed by atoms with Crippen LogP contribution in [0, 0.1) is 0 Å². The maximum atomic E-state index is 3.67. The molecule has 1 atom stereocenters. The Morgan fingerprint density at radius 1 is 1.39 bits per heavy atom. The topological polar surface area (TPSA) is 15.3 Å². The summed E-state index contributed by atoms with van der Waals surface area (Å²) in [5.41, 5.74) is 1.49. The van der Waals surface area contributed by atoms with Gasteiger partial charge in [-0.05, 0) is 60.4 Å². The smallest absolute Gasteiger partial charge is 0.0522 e. The maximum Gasteiger partial charge on any atom is 0.0522 e. The second-order valence-corrected chi connectivity index (χ2v) is 6.98. The fourth-order valence-electron chi connectivity index (χ4n) is 2.39. The van der Waals surface area contributed by atoms with E-state index in [9.17, 15) is 0 Å². The molecule has 0 bridgehead atoms. The SMILES string of the molecule is CCC1(C)CN(c2cc(Br)ccc2Br)CCCN1. The lowest BCUT2D eigenvalue weighted by Crippen LogP contribution is -2.48. The number of hydrogen-bond acceptors (Lipinski definition) is 2. The van der Waals surface area contributed by atoms with Crippen LogP contribution in [0.4, 0.5) is 5.69 Å². The average Bonchev–Trinajstić information content (AvgIpc) is 2.55. The van der Waals surface area contributed by atoms with Gasteiger partial charge in [0.2, 0.25) is 0 Å². The van der Waals surface area contributed by atoms with Crippen LogP contribution < -0.4 is 10.2 Å². The lowest BCUT2D eigenvalue weighted by Gasteiger charge is -2.34. The molecule has 0 aliphatic carbocycles. The van der Waals surface area contributed by atoms with E-state index in [4.69, 9.17) is 0 Å². The molecule has 1 fully saturated rings. The van der Waals surface area contributed by atoms with Crippen LogP contribution >= 0.6 is 31.9 Å². The molecule has 2 rings (SSSR count). The van der Waals surface area contributed by atoms with Crippen molar-refractivity contribution in [2.75, 3.05) is 24.5 Å². The van der Waals surface area contributed by atoms with Gasteiger partial charge >= 0.3 is 0 Å². The quantitative estimate of drug-likeness (QED) is 0.833. The zero-order chi connectivity index (χ0) is 13.2. The minimum atomic E-state index is 0.207. The largest absolute Gasteiger partial charge is 0.369 e. The summed E-state index contributed by atoms with van der Waals surface area (Å²) in [4.78, 5) is 2.48. The van der Waals surface area contributed by atoms with Crippen molar-refractivity contribution in [3.63, 3.8) is 0 Å². The second-order valence-electron chi connectivity index (χ2n) is 5.21. The summed E-state index contributed by atoms with van der Waals surface area (Å²) in [6, 6.07) is 6.38. The first kappa shape index (κ1) is 14.4. The van der Waals surface area contributed by atoms with Crippen LogP contribution in [0.1, 0.15) is 26.7 Å². The average molecular weight is 376 g/mol. The predicted molar refractivity (Wildman–Crippen MR) is 85.4 cm³/mol. The molecule has 100 valence electrons. The van der Waals surface area contributed by atoms with Gasteiger partial charge in [0.15, 0.2) is 0 Å². The fraction of sp³-hybridized carbons (Fsp3) is 0.571. The monoisotopic (exact) mass is 374 g/mol. The van der Waals surface area contributed by atoms with Crippen molar-refractivity contribution in [2.45, 2.75) is 32.2 Å². The van der Waals surface area contributed by atoms with E-state index in [0.29, 0.717) is 0 Å². The van der Waals surface area contributed by atoms with E-state index in [0.717, 1.165) is 30.5 Å². The van der Waals surface area contributed by atoms with Crippen molar-refractivity contribution < 1.29 is 0 Å². The Morgan fingerprint density at radius 3 is 2.89 bits per heavy atom. The molecule has 4 heteroatoms. The number of rotatable bonds is 2. The van der Waals surface area contributed by atoms with Crippen LogP contribution in [0.5, 0.6) is 0 Å². The normalized spacial score (nSPS) is 25.0. The van der Waals surface area contributed by atoms with Crippen molar-refractivity contribution in [1.82, 2.24) is 5.32 Å². The summed E-state index contributed by atoms with van der Waals surface area (Å²) in [6.45, 7) is 7.84. The van der Waals surface area contributed by atoms with E-state index in [1.807, 2.05) is 0 Å². The lowest BCUT2D eigenvalue weighted by atomic mass is 9.98. The van der Waals surface area contributed by atoms with Gasteiger partial charge in [-0.15, -0.1) is 0 Å². The minimum absolute atomic E-state index is 0.207. The van der Waals surface area contributed by atoms with E-state index in [2.05, 4.69) is 74.1 Å². The molecule has 2 nitrogen and oxygen atoms in total. The van der Waals surface area contributed by atoms with Crippen molar-refractivity contribution in [3.8, 4) is 0 Å². The number of benzene rings is 1. The Kier molecular flexibility index (Phi) is 4.73. The number of hydrogen-bond donors (Lipinski definition) is 1. The molecular weight excluding hydrogens is 356 g/mol. The van der Waals surface area contributed by atoms with Gasteiger partial charge in [0, 0.05) is 27.6 Å². The molecule has 1 aliphatic rings. The van der Waals surface area contributed by atoms with Crippen LogP contribution in [0.25, 0.3) is 0 Å². The van der Waals surface area contributed by atoms with Gasteiger partial charge in [-0.25, -0.2) is 0 Å². The number of nitrogens with zero attached hydrogens (tertiary/aromatic N) is 1. The molecule has 1 heterocycles. The first-order valence-electron chi connectivity index (χ1n) is 6.49. The van der Waals surface area contributed by atoms with Crippen molar-refractivity contribution in [3.05, 3.63) is 27.1 Å². The molecular formula is C14H20Br2N2. The van der Waals surface area contributed by atoms with E-state index < -0.39 is 0 Å². The summed E-state index contributed by atoms with van der Waals surface area (Å²) in [5, 5.41) is 3.67. The maximum absolute atomic E-state index is 3.67. The lowest BCUT2D eigenvalue weighted by molar-refractivity contribution is 0.366. The zero-order valence-corrected chi connectivity index (χ0v) is 14.1. The molecule has 1 unspecified atom stereocenters. The van der Waals surface area contributed by atoms with Crippen molar-refractivity contribution in [1.29, 1.82) is 0 Å². The fourth-order valence-corrected chi connectivity index (χ4v) is 3.23. The highest BCUT2D eigenvalue weighted by molar-refractivity contribution is 9.11. The zero-order valence-electron chi connectivity index (χ0n) is 11.0. The van der Waals surface area contributed by atoms with Gasteiger partial charge in [0.25, 0.3) is 0 Å². The second kappa shape index (κ2) is 5.93. The molecule has 1 aromatic rings. The Hall–Kier alpha value is -0.0600. The Morgan fingerprint density at radius 2 is 2.17 bits per heavy atom. The van der Waals surface area contributed by atoms with Gasteiger partial charge in [0.1, 0.15) is 0 Å². The van der Waals surface area contributed by atoms with Crippen LogP contribution in [-0.4, -0.2) is 25.2 Å². The van der Waals surface area contributed by atoms with Crippen LogP contribution in [0.3, 0.4) is 0 Å². The van der Waals surface area contributed by atoms with Gasteiger partial charge in [-0.1, -0.05) is 22.9 Å². The molecule has 0 spiro atoms. The highest BCUT2D eigenvalue weighted by atomic mass is 79.9. The molecule has 1 aromatic carbocycles. The summed E-state index contributed by atoms with van der Waals surface area (Å²) in [5.74, 6) is 0. The van der Waals surface area contributed by atoms with E-state index in [-0.39, 0.29) is 5.54 Å². The summed E-state index contributed by atoms with van der Waals surface area (Å²) in [7, 11) is 0. The number of anilines is 1. The van der Waals surface area contributed by atoms with E-state index in [1.54, 1.807) is 0 Å². The van der Waals surface area contributed by atoms with Gasteiger partial charge < -0.3 is 10.2 Å². The third kappa shape index (κ3) is 3.28. The Bertz CT molecular complexity index is 422. The molecule has 1 saturated heterocycles. The predicted octanol–water partition coefficient (Wildman–Crippen LogP) is 4.18. The Labute approximate surface area is 126 Å². The van der Waals surface area contributed by atoms with Crippen LogP contribution in [-0.2, 0) is 0 Å². The van der Waals surface area contributed by atoms with E-state index >= 15 is 0 Å². The van der Waals surface area contributed by atoms with Crippen molar-refractivity contribution in [2.24, 2.45) is 0 Å². The number of halogens is 2. The Balaban J connectivity index is 2.28. The highest BCUT2D eigenvalue weighted by Crippen LogP contribution is 2.31. The standard InChI is InChI=1S/C14H20Br2N2/c1-3-14(2)10-18(8-4-7-17-14)13-9-11(15)5-6-12(13)16/h5-6,9,17H,3-4,7-8,10H2,1-2H3. The van der Waals surface area contributed by atoms with Gasteiger partial charge in [-0.3, -0.25) is 0 Å². The number of nitrogens with one attached hydrogen (secondary N) is 1. The van der Waals surface area contributed by atoms with Gasteiger partial charge in [-0.2, -0.15) is 0 Å². The summed E-state index contributed by atoms with van der Waals surface area (Å²) in [6.07, 6.45) is 2.34. The highest BCUT2D eigenvalue weighted by Gasteiger charge is 2.27. The van der Waals surface area contributed by atoms with Crippen molar-refractivity contribution >= 4 is 37.5 Å². The molecule has 0 amide bonds. The molecule has 0 aromatic heterocycles. The third-order valence-electron chi connectivity index (χ3n) is 3.73. The summed E-state index contributed by atoms with van der Waals surface area (Å²) >= 11 is 7.23. The molecule has 1 aliphatic heterocycles. The minimum Gasteiger partial charge on any atom is -0.369 e. The molecule has 0 radical (unpaired) electrons. The van der Waals surface area contributed by atoms with Crippen LogP contribution in [0.15, 0.2) is 27.1 Å². The van der Waals surface area contributed by atoms with Gasteiger partial charge in [0.05, 0.1) is 5.69 Å². The summed E-state index contributed by atoms with van der Waals surface area (Å²) < 4.78 is 2.31. The van der Waals surface area contributed by atoms with E-state index in [1.165, 1.54) is 16.6 Å².